The highest BCUT2D eigenvalue weighted by molar-refractivity contribution is 7.38. The van der Waals surface area contributed by atoms with Crippen LogP contribution in [-0.4, -0.2) is 36.0 Å². The molecule has 0 radical (unpaired) electrons. The molecule has 0 aromatic heterocycles. The first-order chi connectivity index (χ1) is 9.67. The Kier molecular flexibility index (Phi) is 9.54. The van der Waals surface area contributed by atoms with Gasteiger partial charge in [-0.25, -0.2) is 0 Å². The maximum Gasteiger partial charge on any atom is 0.242 e. The lowest BCUT2D eigenvalue weighted by Crippen LogP contribution is -2.48. The highest BCUT2D eigenvalue weighted by Crippen LogP contribution is 2.24. The number of carbonyl (C=O) groups excluding carboxylic acids is 2. The molecule has 0 aromatic rings. The Bertz CT molecular complexity index is 372. The van der Waals surface area contributed by atoms with Crippen LogP contribution < -0.4 is 10.6 Å². The Balaban J connectivity index is 4.87. The molecule has 0 saturated carbocycles. The number of amides is 2. The quantitative estimate of drug-likeness (QED) is 0.560. The third-order valence-corrected chi connectivity index (χ3v) is 3.98. The molecule has 0 aliphatic heterocycles. The van der Waals surface area contributed by atoms with Crippen molar-refractivity contribution < 1.29 is 19.0 Å². The molecular weight excluding hydrogens is 291 g/mol. The summed E-state index contributed by atoms with van der Waals surface area (Å²) in [6.45, 7) is 7.86. The van der Waals surface area contributed by atoms with Crippen molar-refractivity contribution in [3.8, 4) is 0 Å². The molecule has 3 N–H and O–H groups in total. The van der Waals surface area contributed by atoms with E-state index in [9.17, 15) is 14.2 Å². The number of hydrogen-bond acceptors (Lipinski definition) is 3. The van der Waals surface area contributed by atoms with Crippen LogP contribution in [0.5, 0.6) is 0 Å². The maximum atomic E-state index is 12.3. The summed E-state index contributed by atoms with van der Waals surface area (Å²) in [5.41, 5.74) is 0. The molecule has 124 valence electrons. The minimum Gasteiger partial charge on any atom is -0.357 e. The van der Waals surface area contributed by atoms with Gasteiger partial charge in [0.15, 0.2) is 8.03 Å². The Morgan fingerprint density at radius 2 is 1.57 bits per heavy atom. The number of rotatable bonds is 9. The standard InChI is InChI=1S/C14H29N2O4P/c1-9(2)6-11(8-21(19)20)13(17)16-12(7-10(3)4)14(18)15-5/h9-12,21H,6-8H2,1-5H3,(H,15,18)(H,16,17)(H,19,20)/t11?,12-/m0/s1. The van der Waals surface area contributed by atoms with Crippen molar-refractivity contribution in [2.45, 2.75) is 46.6 Å². The molecule has 2 unspecified atom stereocenters. The van der Waals surface area contributed by atoms with E-state index >= 15 is 0 Å². The number of nitrogens with one attached hydrogen (secondary N) is 2. The summed E-state index contributed by atoms with van der Waals surface area (Å²) in [4.78, 5) is 33.2. The molecule has 6 nitrogen and oxygen atoms in total. The van der Waals surface area contributed by atoms with Crippen molar-refractivity contribution in [3.05, 3.63) is 0 Å². The summed E-state index contributed by atoms with van der Waals surface area (Å²) in [6.07, 6.45) is 1.04. The van der Waals surface area contributed by atoms with Gasteiger partial charge in [-0.3, -0.25) is 14.2 Å². The normalized spacial score (nSPS) is 15.6. The van der Waals surface area contributed by atoms with Crippen LogP contribution in [0, 0.1) is 17.8 Å². The SMILES string of the molecule is CNC(=O)[C@H](CC(C)C)NC(=O)C(CC(C)C)C[PH](=O)O. The minimum absolute atomic E-state index is 0.0309. The minimum atomic E-state index is -2.72. The summed E-state index contributed by atoms with van der Waals surface area (Å²) in [6, 6.07) is -0.599. The van der Waals surface area contributed by atoms with Gasteiger partial charge in [-0.1, -0.05) is 27.7 Å². The Labute approximate surface area is 127 Å². The summed E-state index contributed by atoms with van der Waals surface area (Å²) >= 11 is 0. The monoisotopic (exact) mass is 320 g/mol. The van der Waals surface area contributed by atoms with Crippen molar-refractivity contribution in [1.29, 1.82) is 0 Å². The van der Waals surface area contributed by atoms with Gasteiger partial charge in [-0.2, -0.15) is 0 Å². The number of hydrogen-bond donors (Lipinski definition) is 3. The van der Waals surface area contributed by atoms with Gasteiger partial charge in [0.25, 0.3) is 0 Å². The lowest BCUT2D eigenvalue weighted by molar-refractivity contribution is -0.131. The van der Waals surface area contributed by atoms with Gasteiger partial charge in [-0.15, -0.1) is 0 Å². The molecule has 0 saturated heterocycles. The van der Waals surface area contributed by atoms with Gasteiger partial charge in [0, 0.05) is 19.1 Å². The molecule has 0 bridgehead atoms. The molecule has 7 heteroatoms. The van der Waals surface area contributed by atoms with E-state index in [1.165, 1.54) is 7.05 Å². The lowest BCUT2D eigenvalue weighted by Gasteiger charge is -2.23. The van der Waals surface area contributed by atoms with Gasteiger partial charge in [0.1, 0.15) is 6.04 Å². The first-order valence-electron chi connectivity index (χ1n) is 7.41. The van der Waals surface area contributed by atoms with Crippen molar-refractivity contribution in [2.24, 2.45) is 17.8 Å². The molecule has 0 spiro atoms. The molecule has 3 atom stereocenters. The zero-order valence-electron chi connectivity index (χ0n) is 13.6. The molecule has 21 heavy (non-hydrogen) atoms. The predicted octanol–water partition coefficient (Wildman–Crippen LogP) is 1.39. The molecule has 0 aliphatic rings. The zero-order valence-corrected chi connectivity index (χ0v) is 14.6. The summed E-state index contributed by atoms with van der Waals surface area (Å²) in [5.74, 6) is -0.582. The first kappa shape index (κ1) is 20.1. The molecule has 0 rings (SSSR count). The van der Waals surface area contributed by atoms with E-state index in [-0.39, 0.29) is 29.8 Å². The van der Waals surface area contributed by atoms with Crippen LogP contribution in [0.15, 0.2) is 0 Å². The van der Waals surface area contributed by atoms with Crippen molar-refractivity contribution in [3.63, 3.8) is 0 Å². The van der Waals surface area contributed by atoms with Gasteiger partial charge in [0.05, 0.1) is 0 Å². The molecule has 0 aromatic carbocycles. The van der Waals surface area contributed by atoms with E-state index in [1.54, 1.807) is 0 Å². The van der Waals surface area contributed by atoms with E-state index in [4.69, 9.17) is 4.89 Å². The zero-order chi connectivity index (χ0) is 16.6. The molecule has 2 amide bonds. The Morgan fingerprint density at radius 1 is 1.05 bits per heavy atom. The van der Waals surface area contributed by atoms with Crippen LogP contribution in [0.1, 0.15) is 40.5 Å². The van der Waals surface area contributed by atoms with Crippen LogP contribution in [0.25, 0.3) is 0 Å². The van der Waals surface area contributed by atoms with Crippen LogP contribution in [0.4, 0.5) is 0 Å². The van der Waals surface area contributed by atoms with E-state index in [0.717, 1.165) is 0 Å². The van der Waals surface area contributed by atoms with Crippen LogP contribution >= 0.6 is 8.03 Å². The second kappa shape index (κ2) is 9.96. The lowest BCUT2D eigenvalue weighted by atomic mass is 9.96. The second-order valence-electron chi connectivity index (χ2n) is 6.23. The summed E-state index contributed by atoms with van der Waals surface area (Å²) in [5, 5.41) is 5.26. The third-order valence-electron chi connectivity index (χ3n) is 3.13. The summed E-state index contributed by atoms with van der Waals surface area (Å²) < 4.78 is 11.1. The van der Waals surface area contributed by atoms with E-state index in [0.29, 0.717) is 12.8 Å². The van der Waals surface area contributed by atoms with Crippen molar-refractivity contribution >= 4 is 19.8 Å². The summed E-state index contributed by atoms with van der Waals surface area (Å²) in [7, 11) is -1.19. The molecule has 0 heterocycles. The van der Waals surface area contributed by atoms with E-state index in [1.807, 2.05) is 27.7 Å². The highest BCUT2D eigenvalue weighted by Gasteiger charge is 2.27. The second-order valence-corrected chi connectivity index (χ2v) is 7.43. The van der Waals surface area contributed by atoms with Gasteiger partial charge >= 0.3 is 0 Å². The molecular formula is C14H29N2O4P. The van der Waals surface area contributed by atoms with Crippen LogP contribution in [0.3, 0.4) is 0 Å². The van der Waals surface area contributed by atoms with E-state index < -0.39 is 20.0 Å². The average Bonchev–Trinajstić information content (AvgIpc) is 2.34. The molecule has 0 fully saturated rings. The Hall–Kier alpha value is -0.870. The fraction of sp³-hybridized carbons (Fsp3) is 0.857. The smallest absolute Gasteiger partial charge is 0.242 e. The molecule has 0 aliphatic carbocycles. The van der Waals surface area contributed by atoms with Crippen LogP contribution in [0.2, 0.25) is 0 Å². The van der Waals surface area contributed by atoms with Crippen molar-refractivity contribution in [2.75, 3.05) is 13.2 Å². The predicted molar refractivity (Wildman–Crippen MR) is 84.5 cm³/mol. The van der Waals surface area contributed by atoms with Gasteiger partial charge in [0.2, 0.25) is 11.8 Å². The highest BCUT2D eigenvalue weighted by atomic mass is 31.1. The maximum absolute atomic E-state index is 12.3. The fourth-order valence-electron chi connectivity index (χ4n) is 2.23. The first-order valence-corrected chi connectivity index (χ1v) is 8.97. The average molecular weight is 320 g/mol. The number of carbonyl (C=O) groups is 2. The number of likely N-dealkylation sites (N-methyl/N-ethyl adjacent to an activating group) is 1. The van der Waals surface area contributed by atoms with Gasteiger partial charge in [-0.05, 0) is 24.7 Å². The van der Waals surface area contributed by atoms with Gasteiger partial charge < -0.3 is 15.5 Å². The fourth-order valence-corrected chi connectivity index (χ4v) is 3.00. The van der Waals surface area contributed by atoms with Crippen LogP contribution in [-0.2, 0) is 14.2 Å². The third kappa shape index (κ3) is 8.89. The Morgan fingerprint density at radius 3 is 1.95 bits per heavy atom. The van der Waals surface area contributed by atoms with E-state index in [2.05, 4.69) is 10.6 Å². The largest absolute Gasteiger partial charge is 0.357 e. The van der Waals surface area contributed by atoms with Crippen molar-refractivity contribution in [1.82, 2.24) is 10.6 Å². The topological polar surface area (TPSA) is 95.5 Å².